The number of rotatable bonds is 7. The lowest BCUT2D eigenvalue weighted by molar-refractivity contribution is 0.0949. The van der Waals surface area contributed by atoms with E-state index in [1.54, 1.807) is 42.5 Å². The van der Waals surface area contributed by atoms with Crippen molar-refractivity contribution in [2.45, 2.75) is 27.3 Å². The number of nitrogens with zero attached hydrogens (tertiary/aromatic N) is 2. The van der Waals surface area contributed by atoms with Gasteiger partial charge in [-0.3, -0.25) is 9.59 Å². The van der Waals surface area contributed by atoms with Crippen LogP contribution < -0.4 is 15.4 Å². The van der Waals surface area contributed by atoms with E-state index in [0.29, 0.717) is 35.7 Å². The van der Waals surface area contributed by atoms with E-state index in [0.717, 1.165) is 15.6 Å². The van der Waals surface area contributed by atoms with Gasteiger partial charge in [-0.25, -0.2) is 0 Å². The fraction of sp³-hybridized carbons (Fsp3) is 0.238. The molecule has 0 saturated carbocycles. The summed E-state index contributed by atoms with van der Waals surface area (Å²) in [5.74, 6) is 0.219. The molecule has 1 heterocycles. The van der Waals surface area contributed by atoms with Crippen LogP contribution in [0.3, 0.4) is 0 Å². The van der Waals surface area contributed by atoms with Crippen LogP contribution in [0.25, 0.3) is 0 Å². The predicted octanol–water partition coefficient (Wildman–Crippen LogP) is 3.74. The zero-order valence-electron chi connectivity index (χ0n) is 16.5. The van der Waals surface area contributed by atoms with Crippen LogP contribution in [-0.2, 0) is 6.54 Å². The van der Waals surface area contributed by atoms with Gasteiger partial charge in [0, 0.05) is 16.8 Å². The molecule has 3 aromatic rings. The highest BCUT2D eigenvalue weighted by Gasteiger charge is 2.12. The number of hydrogen-bond acceptors (Lipinski definition) is 6. The molecule has 0 spiro atoms. The van der Waals surface area contributed by atoms with E-state index in [-0.39, 0.29) is 11.8 Å². The Bertz CT molecular complexity index is 1020. The highest BCUT2D eigenvalue weighted by molar-refractivity contribution is 7.11. The molecule has 29 heavy (non-hydrogen) atoms. The second kappa shape index (κ2) is 9.29. The molecule has 0 aliphatic heterocycles. The number of ether oxygens (including phenoxy) is 1. The number of aryl methyl sites for hydroxylation is 2. The summed E-state index contributed by atoms with van der Waals surface area (Å²) in [6.45, 7) is 6.52. The zero-order valence-corrected chi connectivity index (χ0v) is 17.3. The highest BCUT2D eigenvalue weighted by Crippen LogP contribution is 2.19. The van der Waals surface area contributed by atoms with Crippen molar-refractivity contribution in [3.8, 4) is 5.75 Å². The Morgan fingerprint density at radius 3 is 2.38 bits per heavy atom. The maximum Gasteiger partial charge on any atom is 0.255 e. The zero-order chi connectivity index (χ0) is 20.8. The first-order valence-electron chi connectivity index (χ1n) is 9.18. The Balaban J connectivity index is 1.67. The van der Waals surface area contributed by atoms with Crippen molar-refractivity contribution in [1.29, 1.82) is 0 Å². The predicted molar refractivity (Wildman–Crippen MR) is 113 cm³/mol. The van der Waals surface area contributed by atoms with E-state index in [1.807, 2.05) is 20.8 Å². The van der Waals surface area contributed by atoms with Crippen LogP contribution in [-0.4, -0.2) is 28.6 Å². The van der Waals surface area contributed by atoms with Gasteiger partial charge in [0.05, 0.1) is 13.2 Å². The molecule has 0 fully saturated rings. The summed E-state index contributed by atoms with van der Waals surface area (Å²) in [6.07, 6.45) is 0. The van der Waals surface area contributed by atoms with Gasteiger partial charge in [-0.15, -0.1) is 10.2 Å². The number of nitrogens with one attached hydrogen (secondary N) is 2. The average Bonchev–Trinajstić information content (AvgIpc) is 3.13. The first kappa shape index (κ1) is 20.5. The Labute approximate surface area is 173 Å². The molecule has 2 aromatic carbocycles. The normalized spacial score (nSPS) is 10.4. The Morgan fingerprint density at radius 1 is 1.00 bits per heavy atom. The van der Waals surface area contributed by atoms with Gasteiger partial charge < -0.3 is 15.4 Å². The van der Waals surface area contributed by atoms with Crippen LogP contribution in [0, 0.1) is 13.8 Å². The average molecular weight is 410 g/mol. The third kappa shape index (κ3) is 5.39. The molecule has 1 aromatic heterocycles. The summed E-state index contributed by atoms with van der Waals surface area (Å²) in [5, 5.41) is 15.2. The Kier molecular flexibility index (Phi) is 6.56. The number of amides is 2. The van der Waals surface area contributed by atoms with Crippen LogP contribution in [0.2, 0.25) is 0 Å². The maximum atomic E-state index is 12.6. The third-order valence-electron chi connectivity index (χ3n) is 4.14. The van der Waals surface area contributed by atoms with Crippen LogP contribution in [0.1, 0.15) is 43.2 Å². The van der Waals surface area contributed by atoms with Crippen molar-refractivity contribution >= 4 is 28.8 Å². The van der Waals surface area contributed by atoms with Crippen LogP contribution in [0.5, 0.6) is 5.75 Å². The standard InChI is InChI=1S/C21H22N4O3S/c1-4-28-17-9-7-15(8-10-17)21(27)23-18-11-16(6-5-13(18)2)20(26)22-12-19-25-24-14(3)29-19/h5-11H,4,12H2,1-3H3,(H,22,26)(H,23,27). The Morgan fingerprint density at radius 2 is 1.72 bits per heavy atom. The van der Waals surface area contributed by atoms with Crippen molar-refractivity contribution in [2.24, 2.45) is 0 Å². The molecule has 0 radical (unpaired) electrons. The molecule has 2 amide bonds. The SMILES string of the molecule is CCOc1ccc(C(=O)Nc2cc(C(=O)NCc3nnc(C)s3)ccc2C)cc1. The van der Waals surface area contributed by atoms with Crippen molar-refractivity contribution in [1.82, 2.24) is 15.5 Å². The monoisotopic (exact) mass is 410 g/mol. The van der Waals surface area contributed by atoms with Crippen molar-refractivity contribution in [3.05, 3.63) is 69.2 Å². The van der Waals surface area contributed by atoms with Crippen molar-refractivity contribution in [3.63, 3.8) is 0 Å². The molecular formula is C21H22N4O3S. The smallest absolute Gasteiger partial charge is 0.255 e. The quantitative estimate of drug-likeness (QED) is 0.619. The molecule has 7 nitrogen and oxygen atoms in total. The van der Waals surface area contributed by atoms with Gasteiger partial charge in [-0.2, -0.15) is 0 Å². The van der Waals surface area contributed by atoms with E-state index in [4.69, 9.17) is 4.74 Å². The second-order valence-corrected chi connectivity index (χ2v) is 7.60. The molecule has 150 valence electrons. The lowest BCUT2D eigenvalue weighted by Gasteiger charge is -2.11. The van der Waals surface area contributed by atoms with E-state index in [1.165, 1.54) is 11.3 Å². The van der Waals surface area contributed by atoms with Crippen molar-refractivity contribution in [2.75, 3.05) is 11.9 Å². The number of anilines is 1. The summed E-state index contributed by atoms with van der Waals surface area (Å²) in [5.41, 5.74) is 2.41. The number of carbonyl (C=O) groups excluding carboxylic acids is 2. The number of carbonyl (C=O) groups is 2. The van der Waals surface area contributed by atoms with Gasteiger partial charge in [0.2, 0.25) is 0 Å². The summed E-state index contributed by atoms with van der Waals surface area (Å²) >= 11 is 1.44. The maximum absolute atomic E-state index is 12.6. The minimum atomic E-state index is -0.252. The summed E-state index contributed by atoms with van der Waals surface area (Å²) in [6, 6.07) is 12.1. The Hall–Kier alpha value is -3.26. The van der Waals surface area contributed by atoms with E-state index in [2.05, 4.69) is 20.8 Å². The molecule has 0 aliphatic rings. The summed E-state index contributed by atoms with van der Waals surface area (Å²) in [4.78, 5) is 25.0. The van der Waals surface area contributed by atoms with Gasteiger partial charge in [-0.1, -0.05) is 17.4 Å². The summed E-state index contributed by atoms with van der Waals surface area (Å²) in [7, 11) is 0. The van der Waals surface area contributed by atoms with Gasteiger partial charge >= 0.3 is 0 Å². The first-order chi connectivity index (χ1) is 14.0. The molecule has 0 bridgehead atoms. The van der Waals surface area contributed by atoms with E-state index in [9.17, 15) is 9.59 Å². The molecule has 0 aliphatic carbocycles. The molecule has 0 unspecified atom stereocenters. The van der Waals surface area contributed by atoms with Gasteiger partial charge in [0.1, 0.15) is 15.8 Å². The number of hydrogen-bond donors (Lipinski definition) is 2. The van der Waals surface area contributed by atoms with Crippen LogP contribution in [0.15, 0.2) is 42.5 Å². The minimum Gasteiger partial charge on any atom is -0.494 e. The molecular weight excluding hydrogens is 388 g/mol. The third-order valence-corrected chi connectivity index (χ3v) is 4.98. The molecule has 0 saturated heterocycles. The molecule has 3 rings (SSSR count). The molecule has 8 heteroatoms. The van der Waals surface area contributed by atoms with Crippen molar-refractivity contribution < 1.29 is 14.3 Å². The summed E-state index contributed by atoms with van der Waals surface area (Å²) < 4.78 is 5.39. The number of aromatic nitrogens is 2. The molecule has 2 N–H and O–H groups in total. The second-order valence-electron chi connectivity index (χ2n) is 6.34. The first-order valence-corrected chi connectivity index (χ1v) is 10.00. The molecule has 0 atom stereocenters. The van der Waals surface area contributed by atoms with Crippen LogP contribution in [0.4, 0.5) is 5.69 Å². The van der Waals surface area contributed by atoms with Crippen LogP contribution >= 0.6 is 11.3 Å². The largest absolute Gasteiger partial charge is 0.494 e. The fourth-order valence-electron chi connectivity index (χ4n) is 2.63. The van der Waals surface area contributed by atoms with E-state index < -0.39 is 0 Å². The minimum absolute atomic E-state index is 0.241. The number of benzene rings is 2. The highest BCUT2D eigenvalue weighted by atomic mass is 32.1. The van der Waals surface area contributed by atoms with Gasteiger partial charge in [0.25, 0.3) is 11.8 Å². The lowest BCUT2D eigenvalue weighted by Crippen LogP contribution is -2.23. The van der Waals surface area contributed by atoms with Gasteiger partial charge in [-0.05, 0) is 62.7 Å². The van der Waals surface area contributed by atoms with E-state index >= 15 is 0 Å². The lowest BCUT2D eigenvalue weighted by atomic mass is 10.1. The van der Waals surface area contributed by atoms with Gasteiger partial charge in [0.15, 0.2) is 0 Å². The topological polar surface area (TPSA) is 93.2 Å². The fourth-order valence-corrected chi connectivity index (χ4v) is 3.28.